The molecule has 3 aromatic rings. The Balaban J connectivity index is 2.04. The van der Waals surface area contributed by atoms with Crippen LogP contribution in [-0.2, 0) is 14.3 Å². The summed E-state index contributed by atoms with van der Waals surface area (Å²) in [5.74, 6) is 1.67. The van der Waals surface area contributed by atoms with Crippen molar-refractivity contribution in [2.24, 2.45) is 5.41 Å². The molecule has 0 saturated carbocycles. The summed E-state index contributed by atoms with van der Waals surface area (Å²) in [6.07, 6.45) is 0. The summed E-state index contributed by atoms with van der Waals surface area (Å²) in [5, 5.41) is 0. The number of esters is 1. The van der Waals surface area contributed by atoms with Crippen LogP contribution in [0.3, 0.4) is 0 Å². The van der Waals surface area contributed by atoms with Crippen LogP contribution in [0.2, 0.25) is 0 Å². The van der Waals surface area contributed by atoms with Gasteiger partial charge in [-0.15, -0.1) is 0 Å². The van der Waals surface area contributed by atoms with Gasteiger partial charge in [-0.1, -0.05) is 36.4 Å². The monoisotopic (exact) mass is 490 g/mol. The number of benzene rings is 3. The van der Waals surface area contributed by atoms with Crippen LogP contribution in [0.25, 0.3) is 11.1 Å². The summed E-state index contributed by atoms with van der Waals surface area (Å²) in [6, 6.07) is 23.3. The van der Waals surface area contributed by atoms with Gasteiger partial charge in [-0.2, -0.15) is 0 Å². The van der Waals surface area contributed by atoms with E-state index in [0.29, 0.717) is 5.75 Å². The van der Waals surface area contributed by atoms with Gasteiger partial charge in [0.1, 0.15) is 17.2 Å². The molecule has 0 bridgehead atoms. The molecule has 0 saturated heterocycles. The third-order valence-electron chi connectivity index (χ3n) is 5.44. The minimum absolute atomic E-state index is 0.185. The highest BCUT2D eigenvalue weighted by Crippen LogP contribution is 2.35. The summed E-state index contributed by atoms with van der Waals surface area (Å²) in [4.78, 5) is 12.4. The smallest absolute Gasteiger partial charge is 0.316 e. The lowest BCUT2D eigenvalue weighted by Gasteiger charge is -2.18. The Kier molecular flexibility index (Phi) is 9.28. The van der Waals surface area contributed by atoms with Gasteiger partial charge in [-0.25, -0.2) is 0 Å². The van der Waals surface area contributed by atoms with Crippen molar-refractivity contribution < 1.29 is 28.5 Å². The molecule has 0 N–H and O–H groups in total. The molecule has 0 aliphatic heterocycles. The second-order valence-corrected chi connectivity index (χ2v) is 9.32. The number of allylic oxidation sites excluding steroid dienone is 1. The Morgan fingerprint density at radius 1 is 0.694 bits per heavy atom. The molecule has 0 atom stereocenters. The Morgan fingerprint density at radius 3 is 1.64 bits per heavy atom. The SMILES string of the molecule is COCOc1ccc(C(=C(C)c2cccc(OC(=O)C(C)(C)C)c2)c2ccc(OCOC)cc2)cc1. The number of carbonyl (C=O) groups is 1. The molecule has 0 heterocycles. The van der Waals surface area contributed by atoms with Crippen molar-refractivity contribution in [2.75, 3.05) is 27.8 Å². The lowest BCUT2D eigenvalue weighted by Crippen LogP contribution is -2.25. The molecule has 3 rings (SSSR count). The van der Waals surface area contributed by atoms with Gasteiger partial charge in [0.15, 0.2) is 13.6 Å². The third kappa shape index (κ3) is 7.20. The fourth-order valence-corrected chi connectivity index (χ4v) is 3.49. The number of methoxy groups -OCH3 is 2. The van der Waals surface area contributed by atoms with Crippen LogP contribution in [0.4, 0.5) is 0 Å². The van der Waals surface area contributed by atoms with Gasteiger partial charge < -0.3 is 23.7 Å². The largest absolute Gasteiger partial charge is 0.468 e. The number of hydrogen-bond acceptors (Lipinski definition) is 6. The summed E-state index contributed by atoms with van der Waals surface area (Å²) in [5.41, 5.74) is 4.44. The van der Waals surface area contributed by atoms with Crippen LogP contribution in [0, 0.1) is 5.41 Å². The molecule has 0 aromatic heterocycles. The van der Waals surface area contributed by atoms with E-state index in [-0.39, 0.29) is 19.6 Å². The standard InChI is InChI=1S/C30H34O6/c1-21(24-8-7-9-27(18-24)36-29(31)30(2,3)4)28(22-10-14-25(15-11-22)34-19-32-5)23-12-16-26(17-13-23)35-20-33-6/h7-18H,19-20H2,1-6H3. The first kappa shape index (κ1) is 27.0. The van der Waals surface area contributed by atoms with Gasteiger partial charge in [-0.3, -0.25) is 4.79 Å². The molecule has 0 amide bonds. The van der Waals surface area contributed by atoms with E-state index < -0.39 is 5.41 Å². The van der Waals surface area contributed by atoms with Crippen LogP contribution < -0.4 is 14.2 Å². The molecule has 0 unspecified atom stereocenters. The van der Waals surface area contributed by atoms with Crippen molar-refractivity contribution >= 4 is 17.1 Å². The molecule has 6 heteroatoms. The maximum absolute atomic E-state index is 12.4. The lowest BCUT2D eigenvalue weighted by molar-refractivity contribution is -0.143. The van der Waals surface area contributed by atoms with Crippen LogP contribution in [0.15, 0.2) is 72.8 Å². The van der Waals surface area contributed by atoms with E-state index in [9.17, 15) is 4.79 Å². The predicted octanol–water partition coefficient (Wildman–Crippen LogP) is 6.58. The van der Waals surface area contributed by atoms with Crippen LogP contribution >= 0.6 is 0 Å². The van der Waals surface area contributed by atoms with E-state index in [4.69, 9.17) is 23.7 Å². The van der Waals surface area contributed by atoms with Gasteiger partial charge in [0.05, 0.1) is 5.41 Å². The average molecular weight is 491 g/mol. The van der Waals surface area contributed by atoms with Crippen LogP contribution in [0.1, 0.15) is 44.4 Å². The highest BCUT2D eigenvalue weighted by atomic mass is 16.7. The highest BCUT2D eigenvalue weighted by molar-refractivity contribution is 5.98. The first-order valence-electron chi connectivity index (χ1n) is 11.7. The molecule has 0 aliphatic rings. The molecule has 190 valence electrons. The predicted molar refractivity (Wildman–Crippen MR) is 141 cm³/mol. The molecular weight excluding hydrogens is 456 g/mol. The number of rotatable bonds is 10. The summed E-state index contributed by atoms with van der Waals surface area (Å²) in [7, 11) is 3.18. The summed E-state index contributed by atoms with van der Waals surface area (Å²) in [6.45, 7) is 7.94. The minimum Gasteiger partial charge on any atom is -0.468 e. The van der Waals surface area contributed by atoms with Crippen molar-refractivity contribution in [3.63, 3.8) is 0 Å². The van der Waals surface area contributed by atoms with E-state index in [0.717, 1.165) is 39.3 Å². The second kappa shape index (κ2) is 12.4. The second-order valence-electron chi connectivity index (χ2n) is 9.32. The molecule has 0 spiro atoms. The Bertz CT molecular complexity index is 1120. The van der Waals surface area contributed by atoms with Gasteiger partial charge in [0.2, 0.25) is 0 Å². The maximum atomic E-state index is 12.4. The molecule has 0 radical (unpaired) electrons. The van der Waals surface area contributed by atoms with E-state index >= 15 is 0 Å². The van der Waals surface area contributed by atoms with Crippen molar-refractivity contribution in [2.45, 2.75) is 27.7 Å². The fourth-order valence-electron chi connectivity index (χ4n) is 3.49. The third-order valence-corrected chi connectivity index (χ3v) is 5.44. The molecule has 6 nitrogen and oxygen atoms in total. The zero-order chi connectivity index (χ0) is 26.1. The first-order chi connectivity index (χ1) is 17.2. The molecule has 36 heavy (non-hydrogen) atoms. The number of hydrogen-bond donors (Lipinski definition) is 0. The van der Waals surface area contributed by atoms with Crippen LogP contribution in [0.5, 0.6) is 17.2 Å². The van der Waals surface area contributed by atoms with Crippen LogP contribution in [-0.4, -0.2) is 33.8 Å². The number of ether oxygens (including phenoxy) is 5. The molecule has 0 aliphatic carbocycles. The zero-order valence-electron chi connectivity index (χ0n) is 21.8. The molecule has 3 aromatic carbocycles. The van der Waals surface area contributed by atoms with Crippen molar-refractivity contribution in [3.05, 3.63) is 89.5 Å². The summed E-state index contributed by atoms with van der Waals surface area (Å²) < 4.78 is 26.8. The van der Waals surface area contributed by atoms with Gasteiger partial charge in [0, 0.05) is 14.2 Å². The van der Waals surface area contributed by atoms with Crippen molar-refractivity contribution in [1.29, 1.82) is 0 Å². The Labute approximate surface area is 213 Å². The lowest BCUT2D eigenvalue weighted by atomic mass is 9.90. The fraction of sp³-hybridized carbons (Fsp3) is 0.300. The zero-order valence-corrected chi connectivity index (χ0v) is 21.8. The first-order valence-corrected chi connectivity index (χ1v) is 11.7. The minimum atomic E-state index is -0.592. The van der Waals surface area contributed by atoms with Gasteiger partial charge in [-0.05, 0) is 91.9 Å². The van der Waals surface area contributed by atoms with E-state index in [1.807, 2.05) is 87.5 Å². The average Bonchev–Trinajstić information content (AvgIpc) is 2.87. The van der Waals surface area contributed by atoms with Gasteiger partial charge >= 0.3 is 5.97 Å². The maximum Gasteiger partial charge on any atom is 0.316 e. The highest BCUT2D eigenvalue weighted by Gasteiger charge is 2.24. The normalized spacial score (nSPS) is 11.1. The van der Waals surface area contributed by atoms with E-state index in [2.05, 4.69) is 6.92 Å². The van der Waals surface area contributed by atoms with Crippen molar-refractivity contribution in [1.82, 2.24) is 0 Å². The topological polar surface area (TPSA) is 63.2 Å². The molecule has 0 fully saturated rings. The number of carbonyl (C=O) groups excluding carboxylic acids is 1. The Hall–Kier alpha value is -3.61. The molecular formula is C30H34O6. The summed E-state index contributed by atoms with van der Waals surface area (Å²) >= 11 is 0. The van der Waals surface area contributed by atoms with Crippen molar-refractivity contribution in [3.8, 4) is 17.2 Å². The van der Waals surface area contributed by atoms with Gasteiger partial charge in [0.25, 0.3) is 0 Å². The van der Waals surface area contributed by atoms with E-state index in [1.54, 1.807) is 20.3 Å². The quantitative estimate of drug-likeness (QED) is 0.138. The Morgan fingerprint density at radius 2 is 1.19 bits per heavy atom. The van der Waals surface area contributed by atoms with E-state index in [1.165, 1.54) is 0 Å².